The maximum atomic E-state index is 13.0. The largest absolute Gasteiger partial charge is 0.492 e. The van der Waals surface area contributed by atoms with Gasteiger partial charge in [-0.1, -0.05) is 60.7 Å². The van der Waals surface area contributed by atoms with Crippen LogP contribution in [0.15, 0.2) is 83.1 Å². The van der Waals surface area contributed by atoms with Crippen LogP contribution in [0.25, 0.3) is 0 Å². The SMILES string of the molecule is COC1=C(C)C(=O)C(CCN(Cc2ccccc2)C(=O)OCc2ccccc2)=C(C(C)=O)C1=O. The van der Waals surface area contributed by atoms with Crippen LogP contribution in [0.5, 0.6) is 0 Å². The molecule has 0 saturated heterocycles. The predicted molar refractivity (Wildman–Crippen MR) is 126 cm³/mol. The molecule has 7 heteroatoms. The zero-order chi connectivity index (χ0) is 24.7. The Morgan fingerprint density at radius 1 is 0.882 bits per heavy atom. The number of ether oxygens (including phenoxy) is 2. The molecule has 0 aliphatic heterocycles. The molecule has 0 atom stereocenters. The van der Waals surface area contributed by atoms with Crippen molar-refractivity contribution in [1.82, 2.24) is 4.90 Å². The normalized spacial score (nSPS) is 13.7. The molecule has 0 aromatic heterocycles. The van der Waals surface area contributed by atoms with Crippen molar-refractivity contribution in [2.75, 3.05) is 13.7 Å². The number of Topliss-reactive ketones (excluding diaryl/α,β-unsaturated/α-hetero) is 3. The van der Waals surface area contributed by atoms with Crippen LogP contribution in [-0.2, 0) is 37.0 Å². The molecule has 3 rings (SSSR count). The first kappa shape index (κ1) is 24.6. The van der Waals surface area contributed by atoms with Crippen molar-refractivity contribution in [3.8, 4) is 0 Å². The van der Waals surface area contributed by atoms with Gasteiger partial charge in [-0.3, -0.25) is 14.4 Å². The van der Waals surface area contributed by atoms with Gasteiger partial charge < -0.3 is 14.4 Å². The summed E-state index contributed by atoms with van der Waals surface area (Å²) in [6, 6.07) is 18.7. The summed E-state index contributed by atoms with van der Waals surface area (Å²) in [6.07, 6.45) is -0.529. The minimum Gasteiger partial charge on any atom is -0.492 e. The summed E-state index contributed by atoms with van der Waals surface area (Å²) < 4.78 is 10.6. The van der Waals surface area contributed by atoms with Crippen molar-refractivity contribution in [3.63, 3.8) is 0 Å². The van der Waals surface area contributed by atoms with E-state index in [9.17, 15) is 19.2 Å². The Morgan fingerprint density at radius 2 is 1.47 bits per heavy atom. The van der Waals surface area contributed by atoms with Crippen LogP contribution in [0.1, 0.15) is 31.4 Å². The molecule has 1 aliphatic rings. The smallest absolute Gasteiger partial charge is 0.410 e. The van der Waals surface area contributed by atoms with Gasteiger partial charge in [0.2, 0.25) is 5.78 Å². The van der Waals surface area contributed by atoms with Gasteiger partial charge in [0, 0.05) is 24.2 Å². The second-order valence-electron chi connectivity index (χ2n) is 7.92. The number of ketones is 3. The van der Waals surface area contributed by atoms with Crippen LogP contribution in [0.2, 0.25) is 0 Å². The van der Waals surface area contributed by atoms with Gasteiger partial charge in [0.15, 0.2) is 17.3 Å². The minimum atomic E-state index is -0.608. The fourth-order valence-electron chi connectivity index (χ4n) is 3.82. The molecule has 0 N–H and O–H groups in total. The third kappa shape index (κ3) is 5.67. The number of hydrogen-bond acceptors (Lipinski definition) is 6. The number of carbonyl (C=O) groups is 4. The Bertz CT molecular complexity index is 1150. The number of rotatable bonds is 9. The number of hydrogen-bond donors (Lipinski definition) is 0. The molecule has 0 bridgehead atoms. The van der Waals surface area contributed by atoms with Crippen molar-refractivity contribution >= 4 is 23.4 Å². The van der Waals surface area contributed by atoms with E-state index in [1.165, 1.54) is 25.9 Å². The van der Waals surface area contributed by atoms with Crippen molar-refractivity contribution < 1.29 is 28.7 Å². The highest BCUT2D eigenvalue weighted by Gasteiger charge is 2.35. The number of carbonyl (C=O) groups excluding carboxylic acids is 4. The fourth-order valence-corrected chi connectivity index (χ4v) is 3.82. The standard InChI is InChI=1S/C27H27NO6/c1-18-24(30)22(23(19(2)29)25(31)26(18)33-3)14-15-28(16-20-10-6-4-7-11-20)27(32)34-17-21-12-8-5-9-13-21/h4-13H,14-17H2,1-3H3. The molecule has 7 nitrogen and oxygen atoms in total. The number of methoxy groups -OCH3 is 1. The van der Waals surface area contributed by atoms with Crippen LogP contribution >= 0.6 is 0 Å². The van der Waals surface area contributed by atoms with E-state index in [1.54, 1.807) is 0 Å². The summed E-state index contributed by atoms with van der Waals surface area (Å²) in [5, 5.41) is 0. The highest BCUT2D eigenvalue weighted by atomic mass is 16.6. The van der Waals surface area contributed by atoms with Crippen LogP contribution in [0.3, 0.4) is 0 Å². The van der Waals surface area contributed by atoms with Gasteiger partial charge in [-0.2, -0.15) is 0 Å². The molecule has 0 unspecified atom stereocenters. The van der Waals surface area contributed by atoms with E-state index in [0.717, 1.165) is 11.1 Å². The van der Waals surface area contributed by atoms with Crippen LogP contribution in [-0.4, -0.2) is 42.0 Å². The summed E-state index contributed by atoms with van der Waals surface area (Å²) in [5.74, 6) is -1.68. The molecule has 176 valence electrons. The lowest BCUT2D eigenvalue weighted by molar-refractivity contribution is -0.123. The molecule has 0 radical (unpaired) electrons. The first-order valence-electron chi connectivity index (χ1n) is 10.9. The van der Waals surface area contributed by atoms with Gasteiger partial charge in [0.1, 0.15) is 6.61 Å². The fraction of sp³-hybridized carbons (Fsp3) is 0.259. The Labute approximate surface area is 198 Å². The average molecular weight is 462 g/mol. The van der Waals surface area contributed by atoms with Gasteiger partial charge in [-0.05, 0) is 31.4 Å². The average Bonchev–Trinajstić information content (AvgIpc) is 2.84. The minimum absolute atomic E-state index is 0.0289. The Balaban J connectivity index is 1.83. The van der Waals surface area contributed by atoms with Crippen LogP contribution in [0, 0.1) is 0 Å². The summed E-state index contributed by atoms with van der Waals surface area (Å²) in [4.78, 5) is 52.4. The van der Waals surface area contributed by atoms with Gasteiger partial charge in [-0.25, -0.2) is 4.79 Å². The number of nitrogens with zero attached hydrogens (tertiary/aromatic N) is 1. The van der Waals surface area contributed by atoms with E-state index in [1.807, 2.05) is 60.7 Å². The third-order valence-electron chi connectivity index (χ3n) is 5.56. The highest BCUT2D eigenvalue weighted by molar-refractivity contribution is 6.34. The first-order valence-corrected chi connectivity index (χ1v) is 10.9. The van der Waals surface area contributed by atoms with Gasteiger partial charge >= 0.3 is 6.09 Å². The molecule has 0 spiro atoms. The second kappa shape index (κ2) is 11.2. The lowest BCUT2D eigenvalue weighted by atomic mass is 9.85. The van der Waals surface area contributed by atoms with E-state index >= 15 is 0 Å². The molecule has 0 saturated carbocycles. The number of amides is 1. The monoisotopic (exact) mass is 461 g/mol. The Kier molecular flexibility index (Phi) is 8.14. The first-order chi connectivity index (χ1) is 16.3. The quantitative estimate of drug-likeness (QED) is 0.411. The summed E-state index contributed by atoms with van der Waals surface area (Å²) >= 11 is 0. The Morgan fingerprint density at radius 3 is 2.03 bits per heavy atom. The zero-order valence-corrected chi connectivity index (χ0v) is 19.5. The van der Waals surface area contributed by atoms with Gasteiger partial charge in [0.05, 0.1) is 12.7 Å². The van der Waals surface area contributed by atoms with E-state index < -0.39 is 23.4 Å². The van der Waals surface area contributed by atoms with Gasteiger partial charge in [0.25, 0.3) is 0 Å². The van der Waals surface area contributed by atoms with Gasteiger partial charge in [-0.15, -0.1) is 0 Å². The zero-order valence-electron chi connectivity index (χ0n) is 19.5. The third-order valence-corrected chi connectivity index (χ3v) is 5.56. The van der Waals surface area contributed by atoms with E-state index in [0.29, 0.717) is 0 Å². The predicted octanol–water partition coefficient (Wildman–Crippen LogP) is 4.17. The van der Waals surface area contributed by atoms with E-state index in [-0.39, 0.29) is 48.6 Å². The maximum absolute atomic E-state index is 13.0. The molecule has 2 aromatic rings. The summed E-state index contributed by atoms with van der Waals surface area (Å²) in [7, 11) is 1.29. The topological polar surface area (TPSA) is 90.0 Å². The van der Waals surface area contributed by atoms with Crippen molar-refractivity contribution in [2.24, 2.45) is 0 Å². The lowest BCUT2D eigenvalue weighted by Crippen LogP contribution is -2.34. The molecular weight excluding hydrogens is 434 g/mol. The highest BCUT2D eigenvalue weighted by Crippen LogP contribution is 2.28. The maximum Gasteiger partial charge on any atom is 0.410 e. The lowest BCUT2D eigenvalue weighted by Gasteiger charge is -2.25. The van der Waals surface area contributed by atoms with Crippen LogP contribution in [0.4, 0.5) is 4.79 Å². The van der Waals surface area contributed by atoms with E-state index in [2.05, 4.69) is 0 Å². The second-order valence-corrected chi connectivity index (χ2v) is 7.92. The summed E-state index contributed by atoms with van der Waals surface area (Å²) in [5.41, 5.74) is 1.77. The number of benzene rings is 2. The van der Waals surface area contributed by atoms with Crippen molar-refractivity contribution in [1.29, 1.82) is 0 Å². The molecule has 1 amide bonds. The molecule has 0 heterocycles. The molecular formula is C27H27NO6. The van der Waals surface area contributed by atoms with Crippen LogP contribution < -0.4 is 0 Å². The van der Waals surface area contributed by atoms with E-state index in [4.69, 9.17) is 9.47 Å². The summed E-state index contributed by atoms with van der Waals surface area (Å²) in [6.45, 7) is 3.17. The molecule has 0 fully saturated rings. The molecule has 1 aliphatic carbocycles. The molecule has 34 heavy (non-hydrogen) atoms. The van der Waals surface area contributed by atoms with Crippen molar-refractivity contribution in [3.05, 3.63) is 94.3 Å². The molecule has 2 aromatic carbocycles. The number of allylic oxidation sites excluding steroid dienone is 2. The Hall–Kier alpha value is -4.00. The van der Waals surface area contributed by atoms with Crippen molar-refractivity contribution in [2.45, 2.75) is 33.4 Å².